The zero-order valence-electron chi connectivity index (χ0n) is 15.1. The zero-order valence-corrected chi connectivity index (χ0v) is 16.7. The number of likely N-dealkylation sites (tertiary alicyclic amines) is 1. The van der Waals surface area contributed by atoms with Crippen molar-refractivity contribution < 1.29 is 4.39 Å². The lowest BCUT2D eigenvalue weighted by Crippen LogP contribution is -2.36. The van der Waals surface area contributed by atoms with Gasteiger partial charge in [0.1, 0.15) is 5.82 Å². The molecule has 1 aliphatic rings. The van der Waals surface area contributed by atoms with Crippen LogP contribution in [0.25, 0.3) is 10.9 Å². The molecule has 1 aliphatic heterocycles. The first-order valence-corrected chi connectivity index (χ1v) is 10.1. The summed E-state index contributed by atoms with van der Waals surface area (Å²) in [5, 5.41) is 0.743. The van der Waals surface area contributed by atoms with Crippen LogP contribution >= 0.6 is 15.9 Å². The van der Waals surface area contributed by atoms with E-state index in [4.69, 9.17) is 0 Å². The Hall–Kier alpha value is -1.98. The Bertz CT molecular complexity index is 1010. The number of para-hydroxylation sites is 1. The molecule has 0 saturated carbocycles. The van der Waals surface area contributed by atoms with Gasteiger partial charge in [-0.25, -0.2) is 4.39 Å². The molecule has 0 atom stereocenters. The van der Waals surface area contributed by atoms with Gasteiger partial charge in [-0.15, -0.1) is 0 Å². The van der Waals surface area contributed by atoms with Crippen molar-refractivity contribution in [2.45, 2.75) is 25.9 Å². The number of pyridine rings is 1. The van der Waals surface area contributed by atoms with Crippen molar-refractivity contribution in [1.29, 1.82) is 0 Å². The second-order valence-corrected chi connectivity index (χ2v) is 8.18. The molecule has 4 rings (SSSR count). The molecule has 140 valence electrons. The van der Waals surface area contributed by atoms with E-state index in [0.29, 0.717) is 5.92 Å². The standard InChI is InChI=1S/C22H22BrFN2O/c23-20-6-2-5-19-21(27)9-12-26(22(19)20)15-25-10-7-16(8-11-25)13-17-3-1-4-18(24)14-17/h1-6,9,12,14,16H,7-8,10-11,13,15H2. The van der Waals surface area contributed by atoms with Crippen LogP contribution in [0.2, 0.25) is 0 Å². The summed E-state index contributed by atoms with van der Waals surface area (Å²) in [5.74, 6) is 0.446. The second-order valence-electron chi connectivity index (χ2n) is 7.32. The minimum atomic E-state index is -0.152. The number of rotatable bonds is 4. The van der Waals surface area contributed by atoms with Crippen LogP contribution < -0.4 is 5.43 Å². The summed E-state index contributed by atoms with van der Waals surface area (Å²) < 4.78 is 16.5. The molecular weight excluding hydrogens is 407 g/mol. The maximum Gasteiger partial charge on any atom is 0.189 e. The largest absolute Gasteiger partial charge is 0.333 e. The molecule has 0 radical (unpaired) electrons. The lowest BCUT2D eigenvalue weighted by Gasteiger charge is -2.33. The maximum absolute atomic E-state index is 13.4. The van der Waals surface area contributed by atoms with E-state index in [0.717, 1.165) is 60.0 Å². The highest BCUT2D eigenvalue weighted by atomic mass is 79.9. The van der Waals surface area contributed by atoms with Crippen molar-refractivity contribution >= 4 is 26.8 Å². The van der Waals surface area contributed by atoms with Crippen LogP contribution in [-0.4, -0.2) is 22.6 Å². The number of nitrogens with zero attached hydrogens (tertiary/aromatic N) is 2. The smallest absolute Gasteiger partial charge is 0.189 e. The fourth-order valence-corrected chi connectivity index (χ4v) is 4.58. The average Bonchev–Trinajstić information content (AvgIpc) is 2.66. The van der Waals surface area contributed by atoms with E-state index in [9.17, 15) is 9.18 Å². The molecule has 1 fully saturated rings. The monoisotopic (exact) mass is 428 g/mol. The summed E-state index contributed by atoms with van der Waals surface area (Å²) in [6.45, 7) is 2.79. The molecule has 1 aromatic heterocycles. The van der Waals surface area contributed by atoms with Crippen LogP contribution in [0, 0.1) is 11.7 Å². The van der Waals surface area contributed by atoms with E-state index >= 15 is 0 Å². The topological polar surface area (TPSA) is 25.2 Å². The number of halogens is 2. The summed E-state index contributed by atoms with van der Waals surface area (Å²) in [6.07, 6.45) is 5.04. The van der Waals surface area contributed by atoms with Crippen molar-refractivity contribution in [3.8, 4) is 0 Å². The fraction of sp³-hybridized carbons (Fsp3) is 0.318. The Labute approximate surface area is 166 Å². The third-order valence-electron chi connectivity index (χ3n) is 5.42. The summed E-state index contributed by atoms with van der Waals surface area (Å²) in [7, 11) is 0. The van der Waals surface area contributed by atoms with Crippen LogP contribution in [0.4, 0.5) is 4.39 Å². The first-order chi connectivity index (χ1) is 13.1. The van der Waals surface area contributed by atoms with Gasteiger partial charge in [-0.1, -0.05) is 18.2 Å². The third-order valence-corrected chi connectivity index (χ3v) is 6.06. The van der Waals surface area contributed by atoms with Gasteiger partial charge in [0.05, 0.1) is 12.2 Å². The van der Waals surface area contributed by atoms with Gasteiger partial charge in [-0.2, -0.15) is 0 Å². The van der Waals surface area contributed by atoms with Gasteiger partial charge < -0.3 is 4.57 Å². The molecule has 2 heterocycles. The first kappa shape index (κ1) is 18.4. The molecule has 1 saturated heterocycles. The Balaban J connectivity index is 1.43. The molecule has 5 heteroatoms. The summed E-state index contributed by atoms with van der Waals surface area (Å²) in [5.41, 5.74) is 2.09. The summed E-state index contributed by atoms with van der Waals surface area (Å²) >= 11 is 3.59. The number of hydrogen-bond acceptors (Lipinski definition) is 2. The summed E-state index contributed by atoms with van der Waals surface area (Å²) in [6, 6.07) is 14.4. The predicted octanol–water partition coefficient (Wildman–Crippen LogP) is 4.82. The molecule has 0 spiro atoms. The molecule has 27 heavy (non-hydrogen) atoms. The van der Waals surface area contributed by atoms with E-state index in [1.165, 1.54) is 6.07 Å². The highest BCUT2D eigenvalue weighted by Crippen LogP contribution is 2.25. The molecular formula is C22H22BrFN2O. The van der Waals surface area contributed by atoms with Crippen molar-refractivity contribution in [2.24, 2.45) is 5.92 Å². The van der Waals surface area contributed by atoms with E-state index in [2.05, 4.69) is 25.4 Å². The number of piperidine rings is 1. The Morgan fingerprint density at radius 3 is 2.63 bits per heavy atom. The van der Waals surface area contributed by atoms with Crippen molar-refractivity contribution in [3.05, 3.63) is 80.8 Å². The Morgan fingerprint density at radius 2 is 1.85 bits per heavy atom. The number of benzene rings is 2. The van der Waals surface area contributed by atoms with Gasteiger partial charge in [0.2, 0.25) is 0 Å². The molecule has 2 aromatic carbocycles. The van der Waals surface area contributed by atoms with Gasteiger partial charge in [0, 0.05) is 35.2 Å². The predicted molar refractivity (Wildman–Crippen MR) is 110 cm³/mol. The third kappa shape index (κ3) is 4.14. The Morgan fingerprint density at radius 1 is 1.07 bits per heavy atom. The summed E-state index contributed by atoms with van der Waals surface area (Å²) in [4.78, 5) is 14.6. The van der Waals surface area contributed by atoms with Crippen LogP contribution in [-0.2, 0) is 13.1 Å². The van der Waals surface area contributed by atoms with E-state index in [1.807, 2.05) is 30.5 Å². The van der Waals surface area contributed by atoms with Crippen molar-refractivity contribution in [1.82, 2.24) is 9.47 Å². The molecule has 0 aliphatic carbocycles. The molecule has 0 bridgehead atoms. The van der Waals surface area contributed by atoms with E-state index < -0.39 is 0 Å². The lowest BCUT2D eigenvalue weighted by molar-refractivity contribution is 0.149. The van der Waals surface area contributed by atoms with E-state index in [-0.39, 0.29) is 11.2 Å². The highest BCUT2D eigenvalue weighted by Gasteiger charge is 2.20. The molecule has 3 aromatic rings. The molecule has 3 nitrogen and oxygen atoms in total. The lowest BCUT2D eigenvalue weighted by atomic mass is 9.90. The maximum atomic E-state index is 13.4. The second kappa shape index (κ2) is 7.95. The first-order valence-electron chi connectivity index (χ1n) is 9.34. The number of aromatic nitrogens is 1. The van der Waals surface area contributed by atoms with Crippen LogP contribution in [0.5, 0.6) is 0 Å². The minimum absolute atomic E-state index is 0.0522. The van der Waals surface area contributed by atoms with Crippen molar-refractivity contribution in [2.75, 3.05) is 13.1 Å². The highest BCUT2D eigenvalue weighted by molar-refractivity contribution is 9.10. The average molecular weight is 429 g/mol. The number of hydrogen-bond donors (Lipinski definition) is 0. The quantitative estimate of drug-likeness (QED) is 0.595. The minimum Gasteiger partial charge on any atom is -0.333 e. The van der Waals surface area contributed by atoms with Gasteiger partial charge >= 0.3 is 0 Å². The molecule has 0 amide bonds. The molecule has 0 unspecified atom stereocenters. The van der Waals surface area contributed by atoms with Gasteiger partial charge in [-0.3, -0.25) is 9.69 Å². The zero-order chi connectivity index (χ0) is 18.8. The Kier molecular flexibility index (Phi) is 5.41. The van der Waals surface area contributed by atoms with Gasteiger partial charge in [-0.05, 0) is 70.9 Å². The SMILES string of the molecule is O=c1ccn(CN2CCC(Cc3cccc(F)c3)CC2)c2c(Br)cccc12. The van der Waals surface area contributed by atoms with Crippen molar-refractivity contribution in [3.63, 3.8) is 0 Å². The van der Waals surface area contributed by atoms with Crippen LogP contribution in [0.3, 0.4) is 0 Å². The van der Waals surface area contributed by atoms with Crippen LogP contribution in [0.1, 0.15) is 18.4 Å². The van der Waals surface area contributed by atoms with Crippen LogP contribution in [0.15, 0.2) is 64.0 Å². The fourth-order valence-electron chi connectivity index (χ4n) is 3.99. The number of fused-ring (bicyclic) bond motifs is 1. The van der Waals surface area contributed by atoms with Gasteiger partial charge in [0.25, 0.3) is 0 Å². The van der Waals surface area contributed by atoms with E-state index in [1.54, 1.807) is 18.2 Å². The molecule has 0 N–H and O–H groups in total. The normalized spacial score (nSPS) is 16.1. The van der Waals surface area contributed by atoms with Gasteiger partial charge in [0.15, 0.2) is 5.43 Å².